The first-order valence-corrected chi connectivity index (χ1v) is 16.3. The highest BCUT2D eigenvalue weighted by atomic mass is 28.4. The second-order valence-corrected chi connectivity index (χ2v) is 17.8. The van der Waals surface area contributed by atoms with Gasteiger partial charge < -0.3 is 31.9 Å². The third-order valence-corrected chi connectivity index (χ3v) is 18.6. The van der Waals surface area contributed by atoms with Crippen molar-refractivity contribution in [2.24, 2.45) is 0 Å². The van der Waals surface area contributed by atoms with E-state index in [1.807, 2.05) is 0 Å². The lowest BCUT2D eigenvalue weighted by Gasteiger charge is -2.52. The van der Waals surface area contributed by atoms with E-state index in [0.717, 1.165) is 46.2 Å². The van der Waals surface area contributed by atoms with Crippen LogP contribution in [0.5, 0.6) is 0 Å². The molecule has 4 atom stereocenters. The highest BCUT2D eigenvalue weighted by Crippen LogP contribution is 2.43. The maximum Gasteiger partial charge on any atom is 0.504 e. The van der Waals surface area contributed by atoms with Crippen molar-refractivity contribution in [1.82, 2.24) is 5.32 Å². The fraction of sp³-hybridized carbons (Fsp3) is 1.00. The third-order valence-electron chi connectivity index (χ3n) is 6.96. The fourth-order valence-electron chi connectivity index (χ4n) is 5.03. The number of hydrogen-bond donors (Lipinski definition) is 1. The summed E-state index contributed by atoms with van der Waals surface area (Å²) in [4.78, 5) is 0. The molecule has 0 spiro atoms. The summed E-state index contributed by atoms with van der Waals surface area (Å²) in [5.74, 6) is 0. The van der Waals surface area contributed by atoms with Crippen LogP contribution < -0.4 is 5.32 Å². The molecule has 0 amide bonds. The van der Waals surface area contributed by atoms with Crippen molar-refractivity contribution in [2.75, 3.05) is 42.7 Å². The standard InChI is InChI=1S/C18H47NO6Si4/c1-11-15(28(20-5,21-6)22-7)17(26,13-3)19-18(27,14-4)16(12-2)29(23-8,24-9)25-10/h15-16,19H,11-14H2,1-10,26-27H3. The van der Waals surface area contributed by atoms with Crippen LogP contribution in [0.4, 0.5) is 0 Å². The van der Waals surface area contributed by atoms with E-state index in [0.29, 0.717) is 0 Å². The summed E-state index contributed by atoms with van der Waals surface area (Å²) in [5.41, 5.74) is 0.320. The van der Waals surface area contributed by atoms with Crippen LogP contribution in [0.3, 0.4) is 0 Å². The Hall–Kier alpha value is 0.588. The van der Waals surface area contributed by atoms with Crippen LogP contribution >= 0.6 is 0 Å². The lowest BCUT2D eigenvalue weighted by molar-refractivity contribution is 0.0852. The second kappa shape index (κ2) is 12.6. The van der Waals surface area contributed by atoms with Gasteiger partial charge >= 0.3 is 17.6 Å². The number of hydrogen-bond acceptors (Lipinski definition) is 7. The highest BCUT2D eigenvalue weighted by molar-refractivity contribution is 6.64. The fourth-order valence-corrected chi connectivity index (χ4v) is 15.4. The quantitative estimate of drug-likeness (QED) is 0.325. The van der Waals surface area contributed by atoms with Crippen LogP contribution in [0, 0.1) is 0 Å². The zero-order chi connectivity index (χ0) is 22.9. The van der Waals surface area contributed by atoms with Gasteiger partial charge in [0.2, 0.25) is 0 Å². The molecule has 0 aromatic rings. The van der Waals surface area contributed by atoms with Gasteiger partial charge in [-0.2, -0.15) is 0 Å². The minimum Gasteiger partial charge on any atom is -0.377 e. The Morgan fingerprint density at radius 2 is 0.862 bits per heavy atom. The molecule has 0 bridgehead atoms. The number of rotatable bonds is 16. The Morgan fingerprint density at radius 1 is 0.621 bits per heavy atom. The summed E-state index contributed by atoms with van der Waals surface area (Å²) in [6, 6.07) is 0. The molecular formula is C18H47NO6Si4. The highest BCUT2D eigenvalue weighted by Gasteiger charge is 2.59. The maximum absolute atomic E-state index is 5.93. The van der Waals surface area contributed by atoms with E-state index in [-0.39, 0.29) is 21.4 Å². The number of nitrogens with one attached hydrogen (secondary N) is 1. The van der Waals surface area contributed by atoms with E-state index >= 15 is 0 Å². The smallest absolute Gasteiger partial charge is 0.377 e. The molecule has 29 heavy (non-hydrogen) atoms. The van der Waals surface area contributed by atoms with Gasteiger partial charge in [0.1, 0.15) is 0 Å². The Labute approximate surface area is 187 Å². The van der Waals surface area contributed by atoms with Crippen LogP contribution in [0.15, 0.2) is 0 Å². The van der Waals surface area contributed by atoms with Gasteiger partial charge in [0, 0.05) is 84.6 Å². The first-order valence-electron chi connectivity index (χ1n) is 10.7. The summed E-state index contributed by atoms with van der Waals surface area (Å²) >= 11 is 0. The van der Waals surface area contributed by atoms with Crippen molar-refractivity contribution in [2.45, 2.75) is 74.8 Å². The van der Waals surface area contributed by atoms with Crippen molar-refractivity contribution >= 4 is 38.1 Å². The van der Waals surface area contributed by atoms with Gasteiger partial charge in [-0.1, -0.05) is 27.7 Å². The predicted molar refractivity (Wildman–Crippen MR) is 131 cm³/mol. The van der Waals surface area contributed by atoms with Gasteiger partial charge in [0.15, 0.2) is 0 Å². The average molecular weight is 486 g/mol. The van der Waals surface area contributed by atoms with Gasteiger partial charge in [-0.15, -0.1) is 0 Å². The largest absolute Gasteiger partial charge is 0.504 e. The predicted octanol–water partition coefficient (Wildman–Crippen LogP) is 0.836. The lowest BCUT2D eigenvalue weighted by atomic mass is 10.0. The van der Waals surface area contributed by atoms with Gasteiger partial charge in [-0.05, 0) is 25.7 Å². The van der Waals surface area contributed by atoms with E-state index < -0.39 is 17.6 Å². The first kappa shape index (κ1) is 29.6. The molecule has 11 heteroatoms. The molecule has 0 aliphatic heterocycles. The van der Waals surface area contributed by atoms with Crippen LogP contribution in [0.25, 0.3) is 0 Å². The molecule has 7 nitrogen and oxygen atoms in total. The van der Waals surface area contributed by atoms with Crippen LogP contribution in [0.2, 0.25) is 11.1 Å². The molecule has 0 fully saturated rings. The Kier molecular flexibility index (Phi) is 12.8. The molecule has 0 radical (unpaired) electrons. The zero-order valence-electron chi connectivity index (χ0n) is 20.9. The molecular weight excluding hydrogens is 439 g/mol. The van der Waals surface area contributed by atoms with Gasteiger partial charge in [0.05, 0.1) is 0 Å². The molecule has 0 aromatic carbocycles. The minimum atomic E-state index is -2.83. The normalized spacial score (nSPS) is 19.7. The molecule has 0 heterocycles. The Bertz CT molecular complexity index is 413. The molecule has 176 valence electrons. The third kappa shape index (κ3) is 5.89. The summed E-state index contributed by atoms with van der Waals surface area (Å²) in [6.07, 6.45) is 3.80. The van der Waals surface area contributed by atoms with Crippen molar-refractivity contribution in [3.05, 3.63) is 0 Å². The summed E-state index contributed by atoms with van der Waals surface area (Å²) in [6.45, 7) is 8.89. The second-order valence-electron chi connectivity index (χ2n) is 8.02. The molecule has 0 saturated carbocycles. The van der Waals surface area contributed by atoms with E-state index in [1.165, 1.54) is 0 Å². The monoisotopic (exact) mass is 485 g/mol. The van der Waals surface area contributed by atoms with Crippen molar-refractivity contribution in [3.63, 3.8) is 0 Å². The van der Waals surface area contributed by atoms with E-state index in [1.54, 1.807) is 42.7 Å². The minimum absolute atomic E-state index is 0.108. The average Bonchev–Trinajstić information content (AvgIpc) is 2.75. The molecule has 4 unspecified atom stereocenters. The maximum atomic E-state index is 5.93. The van der Waals surface area contributed by atoms with Crippen LogP contribution in [0.1, 0.15) is 53.4 Å². The van der Waals surface area contributed by atoms with Gasteiger partial charge in [0.25, 0.3) is 0 Å². The molecule has 0 saturated heterocycles. The Balaban J connectivity index is 6.36. The summed E-state index contributed by atoms with van der Waals surface area (Å²) in [7, 11) is 6.46. The van der Waals surface area contributed by atoms with E-state index in [2.05, 4.69) is 33.0 Å². The zero-order valence-corrected chi connectivity index (χ0v) is 26.9. The summed E-state index contributed by atoms with van der Waals surface area (Å²) in [5, 5.41) is 3.92. The molecule has 0 aromatic heterocycles. The summed E-state index contributed by atoms with van der Waals surface area (Å²) < 4.78 is 35.6. The molecule has 0 aliphatic carbocycles. The SMILES string of the molecule is CCC(C([SiH3])(CC)NC([SiH3])(CC)C(CC)[Si](OC)(OC)OC)[Si](OC)(OC)OC. The van der Waals surface area contributed by atoms with Gasteiger partial charge in [-0.25, -0.2) is 0 Å². The Morgan fingerprint density at radius 3 is 1.00 bits per heavy atom. The van der Waals surface area contributed by atoms with Crippen molar-refractivity contribution in [3.8, 4) is 0 Å². The van der Waals surface area contributed by atoms with Crippen molar-refractivity contribution < 1.29 is 26.6 Å². The van der Waals surface area contributed by atoms with Crippen LogP contribution in [-0.2, 0) is 26.6 Å². The van der Waals surface area contributed by atoms with E-state index in [4.69, 9.17) is 26.6 Å². The van der Waals surface area contributed by atoms with Crippen LogP contribution in [-0.4, -0.2) is 91.1 Å². The van der Waals surface area contributed by atoms with Gasteiger partial charge in [-0.3, -0.25) is 0 Å². The topological polar surface area (TPSA) is 67.4 Å². The van der Waals surface area contributed by atoms with Crippen molar-refractivity contribution in [1.29, 1.82) is 0 Å². The molecule has 1 N–H and O–H groups in total. The van der Waals surface area contributed by atoms with E-state index in [9.17, 15) is 0 Å². The lowest BCUT2D eigenvalue weighted by Crippen LogP contribution is -2.70. The molecule has 0 rings (SSSR count). The molecule has 0 aliphatic rings. The first-order chi connectivity index (χ1) is 13.6.